The molecule has 0 aromatic rings. The van der Waals surface area contributed by atoms with Gasteiger partial charge in [-0.05, 0) is 12.8 Å². The first-order chi connectivity index (χ1) is 10.6. The fraction of sp³-hybridized carbons (Fsp3) is 0.857. The molecular weight excluding hydrogens is 288 g/mol. The molecule has 0 unspecified atom stereocenters. The highest BCUT2D eigenvalue weighted by Gasteiger charge is 2.14. The van der Waals surface area contributed by atoms with E-state index in [1.54, 1.807) is 0 Å². The molecule has 0 aliphatic carbocycles. The van der Waals surface area contributed by atoms with Crippen LogP contribution in [0, 0.1) is 0 Å². The van der Waals surface area contributed by atoms with Gasteiger partial charge >= 0.3 is 0 Å². The Morgan fingerprint density at radius 3 is 1.36 bits per heavy atom. The van der Waals surface area contributed by atoms with Gasteiger partial charge in [-0.25, -0.2) is 0 Å². The van der Waals surface area contributed by atoms with Crippen LogP contribution in [0.3, 0.4) is 0 Å². The average Bonchev–Trinajstić information content (AvgIpc) is 2.50. The van der Waals surface area contributed by atoms with Gasteiger partial charge in [0.1, 0.15) is 0 Å². The number of nitrogens with two attached hydrogens (primary N) is 2. The van der Waals surface area contributed by atoms with Crippen LogP contribution >= 0.6 is 0 Å². The molecular formula is C14H30N4O4. The molecule has 130 valence electrons. The molecule has 0 aromatic heterocycles. The van der Waals surface area contributed by atoms with E-state index in [9.17, 15) is 9.59 Å². The highest BCUT2D eigenvalue weighted by Crippen LogP contribution is 2.06. The number of unbranched alkanes of at least 4 members (excludes halogenated alkanes) is 1. The van der Waals surface area contributed by atoms with Crippen LogP contribution in [0.5, 0.6) is 0 Å². The first kappa shape index (κ1) is 20.8. The predicted octanol–water partition coefficient (Wildman–Crippen LogP) is -1.89. The minimum Gasteiger partial charge on any atom is -0.395 e. The van der Waals surface area contributed by atoms with Crippen LogP contribution < -0.4 is 11.5 Å². The molecule has 0 atom stereocenters. The van der Waals surface area contributed by atoms with Gasteiger partial charge in [0.15, 0.2) is 0 Å². The first-order valence-corrected chi connectivity index (χ1v) is 7.78. The predicted molar refractivity (Wildman–Crippen MR) is 83.9 cm³/mol. The van der Waals surface area contributed by atoms with Crippen LogP contribution in [-0.4, -0.2) is 84.3 Å². The third-order valence-electron chi connectivity index (χ3n) is 3.27. The molecule has 0 aliphatic rings. The minimum absolute atomic E-state index is 0.0545. The van der Waals surface area contributed by atoms with Gasteiger partial charge in [0.25, 0.3) is 0 Å². The van der Waals surface area contributed by atoms with E-state index >= 15 is 0 Å². The van der Waals surface area contributed by atoms with Crippen molar-refractivity contribution in [3.8, 4) is 0 Å². The maximum absolute atomic E-state index is 11.9. The number of aliphatic hydroxyl groups excluding tert-OH is 2. The Morgan fingerprint density at radius 2 is 1.09 bits per heavy atom. The molecule has 0 saturated carbocycles. The molecule has 0 heterocycles. The Balaban J connectivity index is 4.03. The Morgan fingerprint density at radius 1 is 0.727 bits per heavy atom. The van der Waals surface area contributed by atoms with Gasteiger partial charge in [0, 0.05) is 52.1 Å². The molecule has 2 amide bonds. The van der Waals surface area contributed by atoms with Crippen LogP contribution in [0.15, 0.2) is 0 Å². The number of hydrogen-bond donors (Lipinski definition) is 4. The molecule has 0 rings (SSSR count). The van der Waals surface area contributed by atoms with E-state index in [2.05, 4.69) is 0 Å². The van der Waals surface area contributed by atoms with E-state index in [0.29, 0.717) is 51.9 Å². The van der Waals surface area contributed by atoms with Crippen molar-refractivity contribution < 1.29 is 19.8 Å². The number of rotatable bonds is 13. The normalized spacial score (nSPS) is 10.5. The third kappa shape index (κ3) is 8.93. The summed E-state index contributed by atoms with van der Waals surface area (Å²) in [5.41, 5.74) is 10.9. The fourth-order valence-electron chi connectivity index (χ4n) is 2.14. The summed E-state index contributed by atoms with van der Waals surface area (Å²) in [6.45, 7) is 1.99. The van der Waals surface area contributed by atoms with Crippen molar-refractivity contribution in [3.05, 3.63) is 0 Å². The minimum atomic E-state index is -0.0839. The number of amides is 2. The molecule has 22 heavy (non-hydrogen) atoms. The summed E-state index contributed by atoms with van der Waals surface area (Å²) < 4.78 is 0. The van der Waals surface area contributed by atoms with Crippen molar-refractivity contribution in [2.45, 2.75) is 25.7 Å². The summed E-state index contributed by atoms with van der Waals surface area (Å²) in [5.74, 6) is -0.109. The molecule has 0 spiro atoms. The zero-order valence-corrected chi connectivity index (χ0v) is 13.2. The van der Waals surface area contributed by atoms with E-state index in [1.165, 1.54) is 9.80 Å². The van der Waals surface area contributed by atoms with Gasteiger partial charge in [-0.2, -0.15) is 0 Å². The van der Waals surface area contributed by atoms with Gasteiger partial charge in [-0.3, -0.25) is 9.59 Å². The van der Waals surface area contributed by atoms with Gasteiger partial charge < -0.3 is 31.5 Å². The molecule has 8 heteroatoms. The Hall–Kier alpha value is -1.22. The highest BCUT2D eigenvalue weighted by atomic mass is 16.3. The number of nitrogens with zero attached hydrogens (tertiary/aromatic N) is 2. The van der Waals surface area contributed by atoms with E-state index in [1.807, 2.05) is 0 Å². The van der Waals surface area contributed by atoms with Crippen molar-refractivity contribution >= 4 is 11.8 Å². The molecule has 6 N–H and O–H groups in total. The summed E-state index contributed by atoms with van der Waals surface area (Å²) in [4.78, 5) is 26.9. The van der Waals surface area contributed by atoms with Crippen molar-refractivity contribution in [2.24, 2.45) is 11.5 Å². The van der Waals surface area contributed by atoms with Gasteiger partial charge in [0.05, 0.1) is 13.2 Å². The van der Waals surface area contributed by atoms with Crippen LogP contribution in [0.2, 0.25) is 0 Å². The standard InChI is InChI=1S/C14H30N4O4/c15-5-7-17(9-11-19)13(21)3-1-2-4-14(22)18(8-6-16)10-12-20/h19-20H,1-12,15-16H2. The smallest absolute Gasteiger partial charge is 0.222 e. The molecule has 0 aromatic carbocycles. The van der Waals surface area contributed by atoms with Crippen LogP contribution in [0.1, 0.15) is 25.7 Å². The second-order valence-electron chi connectivity index (χ2n) is 4.99. The van der Waals surface area contributed by atoms with Gasteiger partial charge in [0.2, 0.25) is 11.8 Å². The highest BCUT2D eigenvalue weighted by molar-refractivity contribution is 5.77. The van der Waals surface area contributed by atoms with Crippen LogP contribution in [0.25, 0.3) is 0 Å². The van der Waals surface area contributed by atoms with Crippen molar-refractivity contribution in [2.75, 3.05) is 52.5 Å². The maximum atomic E-state index is 11.9. The Bertz CT molecular complexity index is 273. The van der Waals surface area contributed by atoms with E-state index in [-0.39, 0.29) is 38.1 Å². The van der Waals surface area contributed by atoms with Crippen molar-refractivity contribution in [1.82, 2.24) is 9.80 Å². The zero-order valence-electron chi connectivity index (χ0n) is 13.2. The zero-order chi connectivity index (χ0) is 16.8. The topological polar surface area (TPSA) is 133 Å². The lowest BCUT2D eigenvalue weighted by molar-refractivity contribution is -0.133. The summed E-state index contributed by atoms with van der Waals surface area (Å²) in [5, 5.41) is 17.8. The number of carbonyl (C=O) groups is 2. The number of hydrogen-bond acceptors (Lipinski definition) is 6. The SMILES string of the molecule is NCCN(CCO)C(=O)CCCCC(=O)N(CCN)CCO. The van der Waals surface area contributed by atoms with Crippen molar-refractivity contribution in [1.29, 1.82) is 0 Å². The van der Waals surface area contributed by atoms with E-state index < -0.39 is 0 Å². The second-order valence-corrected chi connectivity index (χ2v) is 4.99. The molecule has 0 aliphatic heterocycles. The molecule has 8 nitrogen and oxygen atoms in total. The molecule has 0 bridgehead atoms. The average molecular weight is 318 g/mol. The fourth-order valence-corrected chi connectivity index (χ4v) is 2.14. The van der Waals surface area contributed by atoms with Gasteiger partial charge in [-0.1, -0.05) is 0 Å². The van der Waals surface area contributed by atoms with Crippen LogP contribution in [0.4, 0.5) is 0 Å². The Kier molecular flexibility index (Phi) is 12.7. The lowest BCUT2D eigenvalue weighted by atomic mass is 10.1. The number of carbonyl (C=O) groups excluding carboxylic acids is 2. The lowest BCUT2D eigenvalue weighted by Gasteiger charge is -2.22. The summed E-state index contributed by atoms with van der Waals surface area (Å²) in [7, 11) is 0. The van der Waals surface area contributed by atoms with E-state index in [4.69, 9.17) is 21.7 Å². The Labute approximate surface area is 132 Å². The summed E-state index contributed by atoms with van der Waals surface area (Å²) >= 11 is 0. The monoisotopic (exact) mass is 318 g/mol. The quantitative estimate of drug-likeness (QED) is 0.293. The van der Waals surface area contributed by atoms with Gasteiger partial charge in [-0.15, -0.1) is 0 Å². The third-order valence-corrected chi connectivity index (χ3v) is 3.27. The largest absolute Gasteiger partial charge is 0.395 e. The second kappa shape index (κ2) is 13.4. The molecule has 0 fully saturated rings. The molecule has 0 radical (unpaired) electrons. The van der Waals surface area contributed by atoms with E-state index in [0.717, 1.165) is 0 Å². The summed E-state index contributed by atoms with van der Waals surface area (Å²) in [6, 6.07) is 0. The van der Waals surface area contributed by atoms with Crippen LogP contribution in [-0.2, 0) is 9.59 Å². The summed E-state index contributed by atoms with van der Waals surface area (Å²) in [6.07, 6.45) is 1.88. The first-order valence-electron chi connectivity index (χ1n) is 7.78. The maximum Gasteiger partial charge on any atom is 0.222 e. The van der Waals surface area contributed by atoms with Crippen molar-refractivity contribution in [3.63, 3.8) is 0 Å². The number of aliphatic hydroxyl groups is 2. The lowest BCUT2D eigenvalue weighted by Crippen LogP contribution is -2.38. The molecule has 0 saturated heterocycles.